The van der Waals surface area contributed by atoms with Gasteiger partial charge in [-0.2, -0.15) is 5.11 Å². The number of methoxy groups -OCH3 is 1. The van der Waals surface area contributed by atoms with Gasteiger partial charge in [-0.25, -0.2) is 9.79 Å². The van der Waals surface area contributed by atoms with Gasteiger partial charge in [-0.15, -0.1) is 17.5 Å². The van der Waals surface area contributed by atoms with E-state index >= 15 is 0 Å². The van der Waals surface area contributed by atoms with Crippen molar-refractivity contribution >= 4 is 24.3 Å². The first-order chi connectivity index (χ1) is 7.72. The van der Waals surface area contributed by atoms with Crippen LogP contribution in [0.1, 0.15) is 22.1 Å². The molecule has 0 saturated heterocycles. The number of guanidine groups is 1. The third-order valence-electron chi connectivity index (χ3n) is 2.17. The summed E-state index contributed by atoms with van der Waals surface area (Å²) in [6, 6.07) is 6.94. The van der Waals surface area contributed by atoms with Crippen LogP contribution in [-0.4, -0.2) is 19.0 Å². The lowest BCUT2D eigenvalue weighted by atomic mass is 10.1. The zero-order valence-corrected chi connectivity index (χ0v) is 9.85. The number of carbonyl (C=O) groups excluding carboxylic acids is 1. The predicted octanol–water partition coefficient (Wildman–Crippen LogP) is 1.67. The summed E-state index contributed by atoms with van der Waals surface area (Å²) in [5, 5.41) is 7.47. The lowest BCUT2D eigenvalue weighted by molar-refractivity contribution is 0.0599. The number of hydrogen-bond donors (Lipinski definition) is 1. The molecule has 0 amide bonds. The summed E-state index contributed by atoms with van der Waals surface area (Å²) in [6.07, 6.45) is -0.546. The Hall–Kier alpha value is -1.95. The summed E-state index contributed by atoms with van der Waals surface area (Å²) in [6.45, 7) is 0. The maximum absolute atomic E-state index is 11.5. The quantitative estimate of drug-likeness (QED) is 0.814. The number of aliphatic imine (C=N–C) groups is 1. The molecule has 0 bridgehead atoms. The van der Waals surface area contributed by atoms with Gasteiger partial charge in [0.2, 0.25) is 5.96 Å². The van der Waals surface area contributed by atoms with Gasteiger partial charge in [0.15, 0.2) is 6.17 Å². The van der Waals surface area contributed by atoms with Crippen molar-refractivity contribution in [2.75, 3.05) is 7.11 Å². The summed E-state index contributed by atoms with van der Waals surface area (Å²) >= 11 is 0. The first-order valence-corrected chi connectivity index (χ1v) is 4.63. The number of nitrogens with two attached hydrogens (primary N) is 1. The number of carbonyl (C=O) groups is 1. The lowest BCUT2D eigenvalue weighted by Gasteiger charge is -2.08. The Labute approximate surface area is 104 Å². The van der Waals surface area contributed by atoms with Crippen LogP contribution in [0.15, 0.2) is 39.5 Å². The van der Waals surface area contributed by atoms with Gasteiger partial charge < -0.3 is 10.5 Å². The van der Waals surface area contributed by atoms with E-state index in [0.29, 0.717) is 11.1 Å². The van der Waals surface area contributed by atoms with Crippen molar-refractivity contribution in [3.63, 3.8) is 0 Å². The van der Waals surface area contributed by atoms with Crippen molar-refractivity contribution in [2.24, 2.45) is 21.0 Å². The van der Waals surface area contributed by atoms with Crippen molar-refractivity contribution in [2.45, 2.75) is 6.17 Å². The van der Waals surface area contributed by atoms with Gasteiger partial charge in [0, 0.05) is 5.56 Å². The third kappa shape index (κ3) is 2.59. The summed E-state index contributed by atoms with van der Waals surface area (Å²) in [5.74, 6) is -0.309. The van der Waals surface area contributed by atoms with Gasteiger partial charge in [-0.3, -0.25) is 0 Å². The number of halogens is 1. The number of esters is 1. The van der Waals surface area contributed by atoms with Gasteiger partial charge in [-0.05, 0) is 6.07 Å². The van der Waals surface area contributed by atoms with E-state index in [1.54, 1.807) is 24.3 Å². The highest BCUT2D eigenvalue weighted by molar-refractivity contribution is 5.91. The number of benzene rings is 1. The summed E-state index contributed by atoms with van der Waals surface area (Å²) in [5.41, 5.74) is 6.46. The standard InChI is InChI=1S/C10H10N4O2.ClH/c1-16-9(15)7-5-3-2-4-6(7)8-12-10(11)14-13-8;/h2-5,8H,1H3,(H2,11,12);1H. The SMILES string of the molecule is COC(=O)c1ccccc1C1N=NC(N)=N1.Cl. The van der Waals surface area contributed by atoms with Crippen LogP contribution in [0.3, 0.4) is 0 Å². The molecule has 2 rings (SSSR count). The Balaban J connectivity index is 0.00000144. The molecule has 0 radical (unpaired) electrons. The fourth-order valence-corrected chi connectivity index (χ4v) is 1.44. The Morgan fingerprint density at radius 1 is 1.41 bits per heavy atom. The minimum Gasteiger partial charge on any atom is -0.465 e. The minimum absolute atomic E-state index is 0. The van der Waals surface area contributed by atoms with Gasteiger partial charge in [-0.1, -0.05) is 18.2 Å². The molecule has 0 saturated carbocycles. The van der Waals surface area contributed by atoms with Gasteiger partial charge in [0.1, 0.15) is 0 Å². The third-order valence-corrected chi connectivity index (χ3v) is 2.17. The zero-order valence-electron chi connectivity index (χ0n) is 9.03. The Morgan fingerprint density at radius 2 is 2.12 bits per heavy atom. The molecule has 1 atom stereocenters. The Kier molecular flexibility index (Phi) is 4.17. The number of rotatable bonds is 2. The minimum atomic E-state index is -0.546. The van der Waals surface area contributed by atoms with E-state index in [9.17, 15) is 4.79 Å². The molecular weight excluding hydrogens is 244 g/mol. The van der Waals surface area contributed by atoms with Crippen molar-refractivity contribution in [3.05, 3.63) is 35.4 Å². The van der Waals surface area contributed by atoms with Gasteiger partial charge in [0.05, 0.1) is 12.7 Å². The van der Waals surface area contributed by atoms with Crippen LogP contribution >= 0.6 is 12.4 Å². The molecule has 2 N–H and O–H groups in total. The molecule has 0 aliphatic carbocycles. The molecular formula is C10H11ClN4O2. The number of nitrogens with zero attached hydrogens (tertiary/aromatic N) is 3. The highest BCUT2D eigenvalue weighted by atomic mass is 35.5. The van der Waals surface area contributed by atoms with Crippen LogP contribution < -0.4 is 5.73 Å². The molecule has 1 unspecified atom stereocenters. The number of hydrogen-bond acceptors (Lipinski definition) is 6. The summed E-state index contributed by atoms with van der Waals surface area (Å²) in [7, 11) is 1.33. The van der Waals surface area contributed by atoms with E-state index in [1.165, 1.54) is 7.11 Å². The molecule has 1 heterocycles. The summed E-state index contributed by atoms with van der Waals surface area (Å²) in [4.78, 5) is 15.5. The average Bonchev–Trinajstić information content (AvgIpc) is 2.75. The van der Waals surface area contributed by atoms with Crippen LogP contribution in [0.4, 0.5) is 0 Å². The first kappa shape index (κ1) is 13.1. The summed E-state index contributed by atoms with van der Waals surface area (Å²) < 4.78 is 4.67. The topological polar surface area (TPSA) is 89.4 Å². The second-order valence-corrected chi connectivity index (χ2v) is 3.16. The van der Waals surface area contributed by atoms with E-state index in [4.69, 9.17) is 5.73 Å². The largest absolute Gasteiger partial charge is 0.465 e. The smallest absolute Gasteiger partial charge is 0.338 e. The van der Waals surface area contributed by atoms with Crippen molar-refractivity contribution < 1.29 is 9.53 Å². The molecule has 0 fully saturated rings. The first-order valence-electron chi connectivity index (χ1n) is 4.63. The van der Waals surface area contributed by atoms with Crippen molar-refractivity contribution in [1.82, 2.24) is 0 Å². The second-order valence-electron chi connectivity index (χ2n) is 3.16. The molecule has 6 nitrogen and oxygen atoms in total. The monoisotopic (exact) mass is 254 g/mol. The molecule has 1 aromatic rings. The lowest BCUT2D eigenvalue weighted by Crippen LogP contribution is -2.08. The van der Waals surface area contributed by atoms with E-state index < -0.39 is 12.1 Å². The zero-order chi connectivity index (χ0) is 11.5. The fourth-order valence-electron chi connectivity index (χ4n) is 1.44. The molecule has 0 aromatic heterocycles. The molecule has 90 valence electrons. The maximum Gasteiger partial charge on any atom is 0.338 e. The van der Waals surface area contributed by atoms with E-state index in [0.717, 1.165) is 0 Å². The number of azo groups is 1. The molecule has 7 heteroatoms. The van der Waals surface area contributed by atoms with Gasteiger partial charge >= 0.3 is 5.97 Å². The van der Waals surface area contributed by atoms with Crippen LogP contribution in [0.25, 0.3) is 0 Å². The van der Waals surface area contributed by atoms with E-state index in [1.807, 2.05) is 0 Å². The van der Waals surface area contributed by atoms with E-state index in [2.05, 4.69) is 20.0 Å². The van der Waals surface area contributed by atoms with Crippen molar-refractivity contribution in [1.29, 1.82) is 0 Å². The predicted molar refractivity (Wildman–Crippen MR) is 64.2 cm³/mol. The van der Waals surface area contributed by atoms with Crippen LogP contribution in [0.5, 0.6) is 0 Å². The van der Waals surface area contributed by atoms with Crippen LogP contribution in [0, 0.1) is 0 Å². The maximum atomic E-state index is 11.5. The van der Waals surface area contributed by atoms with Crippen molar-refractivity contribution in [3.8, 4) is 0 Å². The second kappa shape index (κ2) is 5.40. The Bertz CT molecular complexity index is 487. The number of ether oxygens (including phenoxy) is 1. The van der Waals surface area contributed by atoms with Crippen LogP contribution in [0.2, 0.25) is 0 Å². The van der Waals surface area contributed by atoms with Gasteiger partial charge in [0.25, 0.3) is 0 Å². The van der Waals surface area contributed by atoms with E-state index in [-0.39, 0.29) is 18.4 Å². The Morgan fingerprint density at radius 3 is 2.71 bits per heavy atom. The molecule has 1 aliphatic rings. The molecule has 1 aliphatic heterocycles. The average molecular weight is 255 g/mol. The highest BCUT2D eigenvalue weighted by Crippen LogP contribution is 2.26. The van der Waals surface area contributed by atoms with Crippen LogP contribution in [-0.2, 0) is 4.74 Å². The molecule has 17 heavy (non-hydrogen) atoms. The fraction of sp³-hybridized carbons (Fsp3) is 0.200. The normalized spacial score (nSPS) is 17.2. The highest BCUT2D eigenvalue weighted by Gasteiger charge is 2.21. The molecule has 1 aromatic carbocycles. The molecule has 0 spiro atoms.